The summed E-state index contributed by atoms with van der Waals surface area (Å²) >= 11 is 0. The molecule has 2 rings (SSSR count). The highest BCUT2D eigenvalue weighted by atomic mass is 16.5. The molecule has 0 N–H and O–H groups in total. The van der Waals surface area contributed by atoms with Crippen LogP contribution in [0.1, 0.15) is 36.2 Å². The Morgan fingerprint density at radius 3 is 2.81 bits per heavy atom. The summed E-state index contributed by atoms with van der Waals surface area (Å²) in [5.41, 5.74) is 1.16. The topological polar surface area (TPSA) is 52.1 Å². The van der Waals surface area contributed by atoms with Crippen molar-refractivity contribution in [3.8, 4) is 5.88 Å². The first-order chi connectivity index (χ1) is 7.83. The molecule has 0 radical (unpaired) electrons. The largest absolute Gasteiger partial charge is 0.479 e. The van der Waals surface area contributed by atoms with Crippen LogP contribution >= 0.6 is 0 Å². The first kappa shape index (κ1) is 10.8. The van der Waals surface area contributed by atoms with E-state index in [0.717, 1.165) is 31.3 Å². The Bertz CT molecular complexity index is 427. The molecule has 0 aliphatic heterocycles. The lowest BCUT2D eigenvalue weighted by Crippen LogP contribution is -2.10. The zero-order valence-corrected chi connectivity index (χ0v) is 9.27. The molecule has 0 saturated carbocycles. The van der Waals surface area contributed by atoms with Gasteiger partial charge in [0.1, 0.15) is 0 Å². The maximum Gasteiger partial charge on any atom is 0.243 e. The Morgan fingerprint density at radius 1 is 1.31 bits per heavy atom. The van der Waals surface area contributed by atoms with Crippen LogP contribution in [0.2, 0.25) is 0 Å². The third kappa shape index (κ3) is 2.10. The van der Waals surface area contributed by atoms with E-state index < -0.39 is 0 Å². The molecular formula is C12H14N2O2. The fraction of sp³-hybridized carbons (Fsp3) is 0.417. The molecule has 1 aromatic rings. The minimum absolute atomic E-state index is 0.0512. The molecule has 0 aromatic carbocycles. The number of carbonyl (C=O) groups excluding carboxylic acids is 1. The van der Waals surface area contributed by atoms with Gasteiger partial charge in [0.2, 0.25) is 11.7 Å². The maximum atomic E-state index is 12.1. The number of allylic oxidation sites excluding steroid dienone is 2. The van der Waals surface area contributed by atoms with Crippen molar-refractivity contribution in [3.05, 3.63) is 29.7 Å². The van der Waals surface area contributed by atoms with Crippen LogP contribution in [0.3, 0.4) is 0 Å². The summed E-state index contributed by atoms with van der Waals surface area (Å²) < 4.78 is 5.04. The summed E-state index contributed by atoms with van der Waals surface area (Å²) in [7, 11) is 1.50. The minimum atomic E-state index is -0.0512. The summed E-state index contributed by atoms with van der Waals surface area (Å²) in [6.07, 6.45) is 9.07. The van der Waals surface area contributed by atoms with E-state index in [0.29, 0.717) is 11.6 Å². The van der Waals surface area contributed by atoms with Crippen molar-refractivity contribution in [1.82, 2.24) is 9.97 Å². The van der Waals surface area contributed by atoms with E-state index in [1.807, 2.05) is 6.08 Å². The van der Waals surface area contributed by atoms with Crippen LogP contribution in [-0.4, -0.2) is 22.9 Å². The van der Waals surface area contributed by atoms with Gasteiger partial charge in [0, 0.05) is 12.4 Å². The molecular weight excluding hydrogens is 204 g/mol. The van der Waals surface area contributed by atoms with E-state index in [9.17, 15) is 4.79 Å². The van der Waals surface area contributed by atoms with E-state index in [1.165, 1.54) is 19.5 Å². The van der Waals surface area contributed by atoms with Crippen LogP contribution in [0.25, 0.3) is 0 Å². The van der Waals surface area contributed by atoms with Crippen LogP contribution in [0.4, 0.5) is 0 Å². The molecule has 1 aliphatic rings. The highest BCUT2D eigenvalue weighted by Crippen LogP contribution is 2.23. The van der Waals surface area contributed by atoms with Crippen molar-refractivity contribution in [3.63, 3.8) is 0 Å². The molecule has 4 heteroatoms. The highest BCUT2D eigenvalue weighted by molar-refractivity contribution is 6.08. The second kappa shape index (κ2) is 4.88. The second-order valence-electron chi connectivity index (χ2n) is 3.72. The summed E-state index contributed by atoms with van der Waals surface area (Å²) in [6.45, 7) is 0. The van der Waals surface area contributed by atoms with Crippen LogP contribution in [-0.2, 0) is 0 Å². The van der Waals surface area contributed by atoms with Crippen molar-refractivity contribution in [2.24, 2.45) is 0 Å². The lowest BCUT2D eigenvalue weighted by molar-refractivity contribution is 0.102. The van der Waals surface area contributed by atoms with Crippen molar-refractivity contribution in [2.75, 3.05) is 7.11 Å². The molecule has 0 amide bonds. The van der Waals surface area contributed by atoms with Gasteiger partial charge >= 0.3 is 0 Å². The summed E-state index contributed by atoms with van der Waals surface area (Å²) in [5.74, 6) is 0.253. The monoisotopic (exact) mass is 218 g/mol. The van der Waals surface area contributed by atoms with Crippen molar-refractivity contribution >= 4 is 5.78 Å². The molecule has 4 nitrogen and oxygen atoms in total. The van der Waals surface area contributed by atoms with Crippen molar-refractivity contribution < 1.29 is 9.53 Å². The molecule has 0 bridgehead atoms. The summed E-state index contributed by atoms with van der Waals surface area (Å²) in [4.78, 5) is 20.2. The van der Waals surface area contributed by atoms with Crippen LogP contribution in [0, 0.1) is 0 Å². The Kier molecular flexibility index (Phi) is 3.29. The normalized spacial score (nSPS) is 15.4. The Hall–Kier alpha value is -1.71. The number of methoxy groups -OCH3 is 1. The number of Topliss-reactive ketones (excluding diaryl/α,β-unsaturated/α-hetero) is 1. The van der Waals surface area contributed by atoms with Crippen molar-refractivity contribution in [2.45, 2.75) is 25.7 Å². The van der Waals surface area contributed by atoms with Gasteiger partial charge in [-0.25, -0.2) is 9.97 Å². The number of hydrogen-bond donors (Lipinski definition) is 0. The standard InChI is InChI=1S/C12H14N2O2/c1-16-12-10(13-7-8-14-12)11(15)9-5-3-2-4-6-9/h5,7-8H,2-4,6H2,1H3. The quantitative estimate of drug-likeness (QED) is 0.729. The van der Waals surface area contributed by atoms with E-state index in [4.69, 9.17) is 4.74 Å². The molecule has 0 unspecified atom stereocenters. The number of nitrogens with zero attached hydrogens (tertiary/aromatic N) is 2. The Morgan fingerprint density at radius 2 is 2.12 bits per heavy atom. The Labute approximate surface area is 94.4 Å². The predicted octanol–water partition coefficient (Wildman–Crippen LogP) is 2.17. The van der Waals surface area contributed by atoms with E-state index >= 15 is 0 Å². The minimum Gasteiger partial charge on any atom is -0.479 e. The smallest absolute Gasteiger partial charge is 0.243 e. The molecule has 1 heterocycles. The van der Waals surface area contributed by atoms with Crippen LogP contribution in [0.15, 0.2) is 24.0 Å². The van der Waals surface area contributed by atoms with Gasteiger partial charge in [0.15, 0.2) is 5.69 Å². The zero-order chi connectivity index (χ0) is 11.4. The SMILES string of the molecule is COc1nccnc1C(=O)C1=CCCCC1. The number of ketones is 1. The van der Waals surface area contributed by atoms with Gasteiger partial charge in [-0.3, -0.25) is 4.79 Å². The highest BCUT2D eigenvalue weighted by Gasteiger charge is 2.20. The fourth-order valence-corrected chi connectivity index (χ4v) is 1.83. The number of carbonyl (C=O) groups is 1. The summed E-state index contributed by atoms with van der Waals surface area (Å²) in [6, 6.07) is 0. The number of hydrogen-bond acceptors (Lipinski definition) is 4. The molecule has 84 valence electrons. The number of rotatable bonds is 3. The summed E-state index contributed by atoms with van der Waals surface area (Å²) in [5, 5.41) is 0. The molecule has 0 saturated heterocycles. The predicted molar refractivity (Wildman–Crippen MR) is 59.5 cm³/mol. The fourth-order valence-electron chi connectivity index (χ4n) is 1.83. The van der Waals surface area contributed by atoms with Crippen LogP contribution in [0.5, 0.6) is 5.88 Å². The van der Waals surface area contributed by atoms with Gasteiger partial charge in [-0.1, -0.05) is 6.08 Å². The third-order valence-electron chi connectivity index (χ3n) is 2.66. The van der Waals surface area contributed by atoms with Crippen LogP contribution < -0.4 is 4.74 Å². The zero-order valence-electron chi connectivity index (χ0n) is 9.27. The maximum absolute atomic E-state index is 12.1. The molecule has 1 aromatic heterocycles. The third-order valence-corrected chi connectivity index (χ3v) is 2.66. The Balaban J connectivity index is 2.29. The molecule has 16 heavy (non-hydrogen) atoms. The van der Waals surface area contributed by atoms with E-state index in [-0.39, 0.29) is 5.78 Å². The molecule has 0 spiro atoms. The van der Waals surface area contributed by atoms with Crippen molar-refractivity contribution in [1.29, 1.82) is 0 Å². The number of ether oxygens (including phenoxy) is 1. The van der Waals surface area contributed by atoms with E-state index in [2.05, 4.69) is 9.97 Å². The second-order valence-corrected chi connectivity index (χ2v) is 3.72. The van der Waals surface area contributed by atoms with Gasteiger partial charge in [-0.2, -0.15) is 0 Å². The van der Waals surface area contributed by atoms with Gasteiger partial charge in [0.05, 0.1) is 7.11 Å². The van der Waals surface area contributed by atoms with E-state index in [1.54, 1.807) is 0 Å². The molecule has 1 aliphatic carbocycles. The van der Waals surface area contributed by atoms with Gasteiger partial charge in [-0.15, -0.1) is 0 Å². The first-order valence-electron chi connectivity index (χ1n) is 5.41. The average molecular weight is 218 g/mol. The number of aromatic nitrogens is 2. The lowest BCUT2D eigenvalue weighted by atomic mass is 9.95. The van der Waals surface area contributed by atoms with Gasteiger partial charge in [0.25, 0.3) is 0 Å². The molecule has 0 fully saturated rings. The average Bonchev–Trinajstić information content (AvgIpc) is 2.39. The van der Waals surface area contributed by atoms with Gasteiger partial charge in [-0.05, 0) is 31.3 Å². The first-order valence-corrected chi connectivity index (χ1v) is 5.41. The lowest BCUT2D eigenvalue weighted by Gasteiger charge is -2.11. The molecule has 0 atom stereocenters. The van der Waals surface area contributed by atoms with Gasteiger partial charge < -0.3 is 4.74 Å².